The van der Waals surface area contributed by atoms with E-state index in [1.807, 2.05) is 6.07 Å². The number of rotatable bonds is 5. The number of amides is 1. The average molecular weight is 254 g/mol. The average Bonchev–Trinajstić information content (AvgIpc) is 2.76. The van der Waals surface area contributed by atoms with E-state index < -0.39 is 0 Å². The van der Waals surface area contributed by atoms with Crippen molar-refractivity contribution in [2.24, 2.45) is 0 Å². The molecule has 1 aromatic rings. The van der Waals surface area contributed by atoms with Crippen molar-refractivity contribution in [1.82, 2.24) is 5.32 Å². The van der Waals surface area contributed by atoms with Gasteiger partial charge in [-0.15, -0.1) is 11.6 Å². The number of carbonyl (C=O) groups is 1. The highest BCUT2D eigenvalue weighted by Crippen LogP contribution is 2.25. The molecule has 92 valence electrons. The number of nitrogens with one attached hydrogen (secondary N) is 1. The zero-order valence-electron chi connectivity index (χ0n) is 9.67. The Bertz CT molecular complexity index is 406. The van der Waals surface area contributed by atoms with Crippen LogP contribution in [-0.4, -0.2) is 24.9 Å². The summed E-state index contributed by atoms with van der Waals surface area (Å²) in [5.41, 5.74) is 2.51. The summed E-state index contributed by atoms with van der Waals surface area (Å²) in [7, 11) is 0. The Labute approximate surface area is 106 Å². The standard InChI is InChI=1S/C13H16ClNO2/c14-6-3-13(16)15-7-4-10-1-2-12-11(9-10)5-8-17-12/h1-2,9H,3-8H2,(H,15,16). The Kier molecular flexibility index (Phi) is 4.26. The Morgan fingerprint density at radius 3 is 3.18 bits per heavy atom. The summed E-state index contributed by atoms with van der Waals surface area (Å²) in [5, 5.41) is 2.85. The third kappa shape index (κ3) is 3.37. The van der Waals surface area contributed by atoms with Crippen LogP contribution in [0.5, 0.6) is 5.75 Å². The second-order valence-electron chi connectivity index (χ2n) is 4.08. The van der Waals surface area contributed by atoms with Crippen LogP contribution in [0, 0.1) is 0 Å². The molecule has 0 unspecified atom stereocenters. The SMILES string of the molecule is O=C(CCCl)NCCc1ccc2c(c1)CCO2. The van der Waals surface area contributed by atoms with Crippen LogP contribution in [0.1, 0.15) is 17.5 Å². The van der Waals surface area contributed by atoms with Gasteiger partial charge in [-0.2, -0.15) is 0 Å². The van der Waals surface area contributed by atoms with E-state index >= 15 is 0 Å². The summed E-state index contributed by atoms with van der Waals surface area (Å²) in [5.74, 6) is 1.39. The fraction of sp³-hybridized carbons (Fsp3) is 0.462. The van der Waals surface area contributed by atoms with Gasteiger partial charge in [0.05, 0.1) is 6.61 Å². The molecule has 0 saturated carbocycles. The molecule has 0 spiro atoms. The topological polar surface area (TPSA) is 38.3 Å². The third-order valence-electron chi connectivity index (χ3n) is 2.81. The summed E-state index contributed by atoms with van der Waals surface area (Å²) < 4.78 is 5.44. The molecule has 1 aliphatic rings. The molecular formula is C13H16ClNO2. The predicted molar refractivity (Wildman–Crippen MR) is 67.7 cm³/mol. The summed E-state index contributed by atoms with van der Waals surface area (Å²) in [6.07, 6.45) is 2.22. The number of halogens is 1. The van der Waals surface area contributed by atoms with Crippen molar-refractivity contribution < 1.29 is 9.53 Å². The molecule has 0 radical (unpaired) electrons. The van der Waals surface area contributed by atoms with Gasteiger partial charge >= 0.3 is 0 Å². The summed E-state index contributed by atoms with van der Waals surface area (Å²) in [4.78, 5) is 11.2. The maximum absolute atomic E-state index is 11.2. The van der Waals surface area contributed by atoms with Gasteiger partial charge in [0.2, 0.25) is 5.91 Å². The number of fused-ring (bicyclic) bond motifs is 1. The van der Waals surface area contributed by atoms with E-state index in [1.54, 1.807) is 0 Å². The van der Waals surface area contributed by atoms with Crippen molar-refractivity contribution in [3.8, 4) is 5.75 Å². The molecule has 0 fully saturated rings. The molecule has 0 saturated heterocycles. The second kappa shape index (κ2) is 5.92. The lowest BCUT2D eigenvalue weighted by Crippen LogP contribution is -2.25. The van der Waals surface area contributed by atoms with E-state index in [2.05, 4.69) is 17.4 Å². The lowest BCUT2D eigenvalue weighted by molar-refractivity contribution is -0.120. The van der Waals surface area contributed by atoms with Gasteiger partial charge in [-0.25, -0.2) is 0 Å². The molecule has 0 bridgehead atoms. The predicted octanol–water partition coefficient (Wildman–Crippen LogP) is 1.91. The van der Waals surface area contributed by atoms with E-state index in [-0.39, 0.29) is 5.91 Å². The van der Waals surface area contributed by atoms with Crippen LogP contribution < -0.4 is 10.1 Å². The molecule has 3 nitrogen and oxygen atoms in total. The highest BCUT2D eigenvalue weighted by molar-refractivity contribution is 6.18. The first-order chi connectivity index (χ1) is 8.29. The summed E-state index contributed by atoms with van der Waals surface area (Å²) in [6.45, 7) is 1.45. The van der Waals surface area contributed by atoms with E-state index in [4.69, 9.17) is 16.3 Å². The monoisotopic (exact) mass is 253 g/mol. The van der Waals surface area contributed by atoms with Crippen LogP contribution in [0.2, 0.25) is 0 Å². The van der Waals surface area contributed by atoms with Crippen molar-refractivity contribution in [3.63, 3.8) is 0 Å². The maximum Gasteiger partial charge on any atom is 0.221 e. The van der Waals surface area contributed by atoms with Crippen LogP contribution in [-0.2, 0) is 17.6 Å². The first-order valence-electron chi connectivity index (χ1n) is 5.87. The van der Waals surface area contributed by atoms with Gasteiger partial charge in [-0.1, -0.05) is 12.1 Å². The molecular weight excluding hydrogens is 238 g/mol. The summed E-state index contributed by atoms with van der Waals surface area (Å²) in [6, 6.07) is 6.23. The highest BCUT2D eigenvalue weighted by atomic mass is 35.5. The van der Waals surface area contributed by atoms with E-state index in [0.717, 1.165) is 25.2 Å². The van der Waals surface area contributed by atoms with Crippen molar-refractivity contribution in [1.29, 1.82) is 0 Å². The van der Waals surface area contributed by atoms with Crippen LogP contribution in [0.3, 0.4) is 0 Å². The number of hydrogen-bond donors (Lipinski definition) is 1. The maximum atomic E-state index is 11.2. The van der Waals surface area contributed by atoms with Gasteiger partial charge in [-0.3, -0.25) is 4.79 Å². The Morgan fingerprint density at radius 2 is 2.35 bits per heavy atom. The molecule has 1 heterocycles. The van der Waals surface area contributed by atoms with E-state index in [0.29, 0.717) is 18.8 Å². The molecule has 0 aromatic heterocycles. The Morgan fingerprint density at radius 1 is 1.47 bits per heavy atom. The number of ether oxygens (including phenoxy) is 1. The summed E-state index contributed by atoms with van der Waals surface area (Å²) >= 11 is 5.48. The normalized spacial score (nSPS) is 13.0. The third-order valence-corrected chi connectivity index (χ3v) is 3.00. The molecule has 1 aliphatic heterocycles. The van der Waals surface area contributed by atoms with Gasteiger partial charge < -0.3 is 10.1 Å². The highest BCUT2D eigenvalue weighted by Gasteiger charge is 2.11. The van der Waals surface area contributed by atoms with Crippen molar-refractivity contribution in [3.05, 3.63) is 29.3 Å². The van der Waals surface area contributed by atoms with Gasteiger partial charge in [0.1, 0.15) is 5.75 Å². The fourth-order valence-electron chi connectivity index (χ4n) is 1.92. The quantitative estimate of drug-likeness (QED) is 0.814. The number of benzene rings is 1. The zero-order valence-corrected chi connectivity index (χ0v) is 10.4. The largest absolute Gasteiger partial charge is 0.493 e. The van der Waals surface area contributed by atoms with Gasteiger partial charge in [-0.05, 0) is 23.6 Å². The minimum atomic E-state index is 0.0180. The van der Waals surface area contributed by atoms with E-state index in [9.17, 15) is 4.79 Å². The van der Waals surface area contributed by atoms with Crippen LogP contribution in [0.25, 0.3) is 0 Å². The first-order valence-corrected chi connectivity index (χ1v) is 6.40. The molecule has 4 heteroatoms. The van der Waals surface area contributed by atoms with Gasteiger partial charge in [0, 0.05) is 25.3 Å². The van der Waals surface area contributed by atoms with E-state index in [1.165, 1.54) is 11.1 Å². The van der Waals surface area contributed by atoms with Crippen molar-refractivity contribution in [2.75, 3.05) is 19.0 Å². The number of hydrogen-bond acceptors (Lipinski definition) is 2. The lowest BCUT2D eigenvalue weighted by Gasteiger charge is -2.05. The zero-order chi connectivity index (χ0) is 12.1. The van der Waals surface area contributed by atoms with Gasteiger partial charge in [0.15, 0.2) is 0 Å². The molecule has 1 aromatic carbocycles. The van der Waals surface area contributed by atoms with Crippen molar-refractivity contribution in [2.45, 2.75) is 19.3 Å². The minimum Gasteiger partial charge on any atom is -0.493 e. The molecule has 17 heavy (non-hydrogen) atoms. The van der Waals surface area contributed by atoms with Crippen LogP contribution in [0.4, 0.5) is 0 Å². The molecule has 1 amide bonds. The molecule has 1 N–H and O–H groups in total. The van der Waals surface area contributed by atoms with Crippen LogP contribution >= 0.6 is 11.6 Å². The fourth-order valence-corrected chi connectivity index (χ4v) is 2.09. The molecule has 2 rings (SSSR count). The Balaban J connectivity index is 1.81. The molecule has 0 atom stereocenters. The molecule has 0 aliphatic carbocycles. The minimum absolute atomic E-state index is 0.0180. The first kappa shape index (κ1) is 12.2. The lowest BCUT2D eigenvalue weighted by atomic mass is 10.1. The number of carbonyl (C=O) groups excluding carboxylic acids is 1. The van der Waals surface area contributed by atoms with Gasteiger partial charge in [0.25, 0.3) is 0 Å². The number of alkyl halides is 1. The smallest absolute Gasteiger partial charge is 0.221 e. The Hall–Kier alpha value is -1.22. The van der Waals surface area contributed by atoms with Crippen LogP contribution in [0.15, 0.2) is 18.2 Å². The second-order valence-corrected chi connectivity index (χ2v) is 4.46. The van der Waals surface area contributed by atoms with Crippen molar-refractivity contribution >= 4 is 17.5 Å².